The molecule has 0 aliphatic carbocycles. The second-order valence-electron chi connectivity index (χ2n) is 6.32. The summed E-state index contributed by atoms with van der Waals surface area (Å²) >= 11 is 13.5. The van der Waals surface area contributed by atoms with Crippen molar-refractivity contribution in [3.8, 4) is 5.75 Å². The van der Waals surface area contributed by atoms with E-state index in [1.807, 2.05) is 25.1 Å². The fraction of sp³-hybridized carbons (Fsp3) is 0.143. The maximum atomic E-state index is 13.0. The second-order valence-corrected chi connectivity index (χ2v) is 8.17. The Bertz CT molecular complexity index is 1140. The van der Waals surface area contributed by atoms with Gasteiger partial charge in [0.05, 0.1) is 23.0 Å². The number of thiazole rings is 1. The van der Waals surface area contributed by atoms with Gasteiger partial charge in [0, 0.05) is 10.0 Å². The number of furan rings is 1. The van der Waals surface area contributed by atoms with Crippen molar-refractivity contribution in [2.75, 3.05) is 11.5 Å². The molecule has 8 heteroatoms. The molecule has 0 bridgehead atoms. The van der Waals surface area contributed by atoms with E-state index in [9.17, 15) is 4.79 Å². The highest BCUT2D eigenvalue weighted by Crippen LogP contribution is 2.34. The topological polar surface area (TPSA) is 55.6 Å². The molecule has 0 radical (unpaired) electrons. The molecule has 0 N–H and O–H groups in total. The van der Waals surface area contributed by atoms with Gasteiger partial charge in [-0.05, 0) is 61.0 Å². The lowest BCUT2D eigenvalue weighted by Crippen LogP contribution is -2.34. The number of aromatic nitrogens is 1. The Kier molecular flexibility index (Phi) is 5.76. The van der Waals surface area contributed by atoms with Crippen LogP contribution in [0.15, 0.2) is 59.2 Å². The molecular formula is C21H16Cl2N2O3S. The first-order chi connectivity index (χ1) is 14.0. The quantitative estimate of drug-likeness (QED) is 0.358. The Morgan fingerprint density at radius 2 is 1.97 bits per heavy atom. The molecular weight excluding hydrogens is 431 g/mol. The number of fused-ring (bicyclic) bond motifs is 1. The van der Waals surface area contributed by atoms with Crippen LogP contribution < -0.4 is 9.64 Å². The first-order valence-electron chi connectivity index (χ1n) is 8.78. The van der Waals surface area contributed by atoms with Gasteiger partial charge in [0.2, 0.25) is 0 Å². The van der Waals surface area contributed by atoms with Crippen LogP contribution in [0.5, 0.6) is 5.75 Å². The third-order valence-corrected chi connectivity index (χ3v) is 6.04. The van der Waals surface area contributed by atoms with Crippen molar-refractivity contribution in [3.63, 3.8) is 0 Å². The number of aryl methyl sites for hydroxylation is 1. The van der Waals surface area contributed by atoms with Crippen molar-refractivity contribution in [3.05, 3.63) is 76.2 Å². The number of anilines is 1. The van der Waals surface area contributed by atoms with Gasteiger partial charge in [-0.3, -0.25) is 9.69 Å². The summed E-state index contributed by atoms with van der Waals surface area (Å²) in [6.07, 6.45) is 1.57. The Morgan fingerprint density at radius 1 is 1.17 bits per heavy atom. The molecule has 4 rings (SSSR count). The SMILES string of the molecule is Cc1c(Cl)ccc2sc(N(Cc3ccco3)C(=O)COc3ccc(Cl)cc3)nc12. The van der Waals surface area contributed by atoms with Crippen molar-refractivity contribution in [1.29, 1.82) is 0 Å². The van der Waals surface area contributed by atoms with E-state index >= 15 is 0 Å². The van der Waals surface area contributed by atoms with Gasteiger partial charge < -0.3 is 9.15 Å². The molecule has 4 aromatic rings. The number of ether oxygens (including phenoxy) is 1. The van der Waals surface area contributed by atoms with Gasteiger partial charge in [0.25, 0.3) is 5.91 Å². The van der Waals surface area contributed by atoms with Crippen LogP contribution in [0.3, 0.4) is 0 Å². The Balaban J connectivity index is 1.61. The summed E-state index contributed by atoms with van der Waals surface area (Å²) in [6, 6.07) is 14.2. The van der Waals surface area contributed by atoms with E-state index in [0.717, 1.165) is 15.8 Å². The van der Waals surface area contributed by atoms with Crippen molar-refractivity contribution in [1.82, 2.24) is 4.98 Å². The lowest BCUT2D eigenvalue weighted by molar-refractivity contribution is -0.120. The van der Waals surface area contributed by atoms with Crippen LogP contribution in [0.1, 0.15) is 11.3 Å². The van der Waals surface area contributed by atoms with Gasteiger partial charge >= 0.3 is 0 Å². The minimum absolute atomic E-state index is 0.141. The number of hydrogen-bond acceptors (Lipinski definition) is 5. The summed E-state index contributed by atoms with van der Waals surface area (Å²) in [5.41, 5.74) is 1.67. The second kappa shape index (κ2) is 8.45. The van der Waals surface area contributed by atoms with Gasteiger partial charge in [-0.2, -0.15) is 0 Å². The zero-order valence-corrected chi connectivity index (χ0v) is 17.7. The van der Waals surface area contributed by atoms with Crippen LogP contribution in [-0.2, 0) is 11.3 Å². The number of halogens is 2. The molecule has 5 nitrogen and oxygen atoms in total. The molecule has 2 heterocycles. The molecule has 0 saturated carbocycles. The fourth-order valence-electron chi connectivity index (χ4n) is 2.78. The van der Waals surface area contributed by atoms with Crippen LogP contribution >= 0.6 is 34.5 Å². The highest BCUT2D eigenvalue weighted by atomic mass is 35.5. The summed E-state index contributed by atoms with van der Waals surface area (Å²) in [4.78, 5) is 19.2. The van der Waals surface area contributed by atoms with Gasteiger partial charge in [-0.15, -0.1) is 0 Å². The van der Waals surface area contributed by atoms with Gasteiger partial charge in [-0.25, -0.2) is 4.98 Å². The molecule has 2 aromatic carbocycles. The predicted molar refractivity (Wildman–Crippen MR) is 116 cm³/mol. The molecule has 0 saturated heterocycles. The smallest absolute Gasteiger partial charge is 0.267 e. The normalized spacial score (nSPS) is 11.0. The summed E-state index contributed by atoms with van der Waals surface area (Å²) < 4.78 is 12.0. The first kappa shape index (κ1) is 19.8. The fourth-order valence-corrected chi connectivity index (χ4v) is 4.10. The molecule has 0 spiro atoms. The van der Waals surface area contributed by atoms with E-state index in [0.29, 0.717) is 26.7 Å². The van der Waals surface area contributed by atoms with Crippen molar-refractivity contribution in [2.45, 2.75) is 13.5 Å². The molecule has 0 unspecified atom stereocenters. The maximum Gasteiger partial charge on any atom is 0.267 e. The average molecular weight is 447 g/mol. The monoisotopic (exact) mass is 446 g/mol. The highest BCUT2D eigenvalue weighted by molar-refractivity contribution is 7.22. The summed E-state index contributed by atoms with van der Waals surface area (Å²) in [6.45, 7) is 2.02. The van der Waals surface area contributed by atoms with E-state index in [-0.39, 0.29) is 19.1 Å². The third kappa shape index (κ3) is 4.40. The zero-order chi connectivity index (χ0) is 20.4. The van der Waals surface area contributed by atoms with Crippen LogP contribution in [0.2, 0.25) is 10.0 Å². The Morgan fingerprint density at radius 3 is 2.69 bits per heavy atom. The number of carbonyl (C=O) groups is 1. The summed E-state index contributed by atoms with van der Waals surface area (Å²) in [5, 5.41) is 1.81. The minimum atomic E-state index is -0.237. The summed E-state index contributed by atoms with van der Waals surface area (Å²) in [5.74, 6) is 0.977. The number of rotatable bonds is 6. The average Bonchev–Trinajstić information content (AvgIpc) is 3.38. The molecule has 0 fully saturated rings. The lowest BCUT2D eigenvalue weighted by Gasteiger charge is -2.19. The number of benzene rings is 2. The highest BCUT2D eigenvalue weighted by Gasteiger charge is 2.22. The van der Waals surface area contributed by atoms with Crippen LogP contribution in [0.25, 0.3) is 10.2 Å². The van der Waals surface area contributed by atoms with Crippen LogP contribution in [0, 0.1) is 6.92 Å². The van der Waals surface area contributed by atoms with E-state index in [2.05, 4.69) is 4.98 Å². The first-order valence-corrected chi connectivity index (χ1v) is 10.4. The van der Waals surface area contributed by atoms with E-state index < -0.39 is 0 Å². The molecule has 1 amide bonds. The Labute approximate surface area is 181 Å². The lowest BCUT2D eigenvalue weighted by atomic mass is 10.2. The van der Waals surface area contributed by atoms with Crippen LogP contribution in [0.4, 0.5) is 5.13 Å². The molecule has 0 aliphatic heterocycles. The largest absolute Gasteiger partial charge is 0.484 e. The van der Waals surface area contributed by atoms with E-state index in [4.69, 9.17) is 32.4 Å². The molecule has 29 heavy (non-hydrogen) atoms. The standard InChI is InChI=1S/C21H16Cl2N2O3S/c1-13-17(23)8-9-18-20(13)24-21(29-18)25(11-16-3-2-10-27-16)19(26)12-28-15-6-4-14(22)5-7-15/h2-10H,11-12H2,1H3. The van der Waals surface area contributed by atoms with Crippen molar-refractivity contribution in [2.24, 2.45) is 0 Å². The number of hydrogen-bond donors (Lipinski definition) is 0. The van der Waals surface area contributed by atoms with Gasteiger partial charge in [-0.1, -0.05) is 34.5 Å². The van der Waals surface area contributed by atoms with Gasteiger partial charge in [0.1, 0.15) is 11.5 Å². The minimum Gasteiger partial charge on any atom is -0.484 e. The van der Waals surface area contributed by atoms with Crippen LogP contribution in [-0.4, -0.2) is 17.5 Å². The van der Waals surface area contributed by atoms with E-state index in [1.165, 1.54) is 11.3 Å². The zero-order valence-electron chi connectivity index (χ0n) is 15.4. The number of carbonyl (C=O) groups excluding carboxylic acids is 1. The number of nitrogens with zero attached hydrogens (tertiary/aromatic N) is 2. The summed E-state index contributed by atoms with van der Waals surface area (Å²) in [7, 11) is 0. The molecule has 0 aliphatic rings. The maximum absolute atomic E-state index is 13.0. The van der Waals surface area contributed by atoms with Crippen molar-refractivity contribution >= 4 is 55.8 Å². The number of amides is 1. The third-order valence-electron chi connectivity index (χ3n) is 4.34. The van der Waals surface area contributed by atoms with Gasteiger partial charge in [0.15, 0.2) is 11.7 Å². The molecule has 148 valence electrons. The Hall–Kier alpha value is -2.54. The van der Waals surface area contributed by atoms with Crippen molar-refractivity contribution < 1.29 is 13.9 Å². The molecule has 2 aromatic heterocycles. The predicted octanol–water partition coefficient (Wildman–Crippen LogP) is 6.12. The molecule has 0 atom stereocenters. The van der Waals surface area contributed by atoms with E-state index in [1.54, 1.807) is 41.5 Å².